The monoisotopic (exact) mass is 366 g/mol. The maximum Gasteiger partial charge on any atom is 0.260 e. The summed E-state index contributed by atoms with van der Waals surface area (Å²) in [5, 5.41) is 0.631. The second kappa shape index (κ2) is 8.56. The van der Waals surface area contributed by atoms with Crippen molar-refractivity contribution >= 4 is 23.4 Å². The Morgan fingerprint density at radius 3 is 2.12 bits per heavy atom. The normalized spacial score (nSPS) is 15.7. The number of hydrogen-bond donors (Lipinski definition) is 0. The quantitative estimate of drug-likeness (QED) is 0.822. The minimum Gasteiger partial charge on any atom is -0.484 e. The van der Waals surface area contributed by atoms with Crippen molar-refractivity contribution < 1.29 is 14.3 Å². The molecule has 1 saturated heterocycles. The van der Waals surface area contributed by atoms with E-state index < -0.39 is 0 Å². The molecule has 0 unspecified atom stereocenters. The standard InChI is InChI=1S/C19H27ClN2O3/c1-19(2,3)13-17(23)21-9-4-10-22(12-11-21)18(24)14-25-16-7-5-15(20)6-8-16/h5-8H,4,9-14H2,1-3H3. The highest BCUT2D eigenvalue weighted by Gasteiger charge is 2.25. The topological polar surface area (TPSA) is 49.9 Å². The molecule has 138 valence electrons. The highest BCUT2D eigenvalue weighted by atomic mass is 35.5. The molecular formula is C19H27ClN2O3. The molecule has 1 aromatic rings. The Hall–Kier alpha value is -1.75. The van der Waals surface area contributed by atoms with Crippen molar-refractivity contribution in [3.63, 3.8) is 0 Å². The van der Waals surface area contributed by atoms with Gasteiger partial charge in [0.25, 0.3) is 5.91 Å². The first-order valence-corrected chi connectivity index (χ1v) is 9.06. The van der Waals surface area contributed by atoms with Crippen molar-refractivity contribution in [3.05, 3.63) is 29.3 Å². The van der Waals surface area contributed by atoms with Gasteiger partial charge in [0.2, 0.25) is 5.91 Å². The molecule has 0 atom stereocenters. The minimum absolute atomic E-state index is 0.00241. The first-order chi connectivity index (χ1) is 11.7. The van der Waals surface area contributed by atoms with Crippen molar-refractivity contribution in [2.45, 2.75) is 33.6 Å². The Balaban J connectivity index is 1.82. The van der Waals surface area contributed by atoms with Crippen LogP contribution in [0.1, 0.15) is 33.6 Å². The van der Waals surface area contributed by atoms with Crippen LogP contribution in [-0.4, -0.2) is 54.4 Å². The van der Waals surface area contributed by atoms with E-state index in [1.54, 1.807) is 29.2 Å². The molecule has 0 aliphatic carbocycles. The number of amides is 2. The zero-order valence-electron chi connectivity index (χ0n) is 15.3. The van der Waals surface area contributed by atoms with Crippen LogP contribution in [0.2, 0.25) is 5.02 Å². The maximum atomic E-state index is 12.4. The Bertz CT molecular complexity index is 596. The summed E-state index contributed by atoms with van der Waals surface area (Å²) in [6.45, 7) is 8.68. The van der Waals surface area contributed by atoms with Crippen LogP contribution in [-0.2, 0) is 9.59 Å². The van der Waals surface area contributed by atoms with Crippen molar-refractivity contribution in [2.75, 3.05) is 32.8 Å². The largest absolute Gasteiger partial charge is 0.484 e. The number of nitrogens with zero attached hydrogens (tertiary/aromatic N) is 2. The molecule has 0 aromatic heterocycles. The van der Waals surface area contributed by atoms with Crippen LogP contribution < -0.4 is 4.74 Å². The van der Waals surface area contributed by atoms with Crippen molar-refractivity contribution in [3.8, 4) is 5.75 Å². The van der Waals surface area contributed by atoms with Gasteiger partial charge in [0, 0.05) is 37.6 Å². The summed E-state index contributed by atoms with van der Waals surface area (Å²) in [5.74, 6) is 0.730. The Morgan fingerprint density at radius 1 is 1.00 bits per heavy atom. The van der Waals surface area contributed by atoms with Crippen LogP contribution in [0.4, 0.5) is 0 Å². The zero-order valence-corrected chi connectivity index (χ0v) is 16.0. The van der Waals surface area contributed by atoms with Gasteiger partial charge >= 0.3 is 0 Å². The van der Waals surface area contributed by atoms with Crippen molar-refractivity contribution in [1.29, 1.82) is 0 Å². The third-order valence-corrected chi connectivity index (χ3v) is 4.31. The molecule has 6 heteroatoms. The van der Waals surface area contributed by atoms with Crippen LogP contribution in [0.25, 0.3) is 0 Å². The Kier molecular flexibility index (Phi) is 6.71. The SMILES string of the molecule is CC(C)(C)CC(=O)N1CCCN(C(=O)COc2ccc(Cl)cc2)CC1. The number of carbonyl (C=O) groups excluding carboxylic acids is 2. The smallest absolute Gasteiger partial charge is 0.260 e. The fourth-order valence-electron chi connectivity index (χ4n) is 2.75. The fourth-order valence-corrected chi connectivity index (χ4v) is 2.87. The minimum atomic E-state index is -0.0555. The Morgan fingerprint density at radius 2 is 1.56 bits per heavy atom. The van der Waals surface area contributed by atoms with Gasteiger partial charge in [0.05, 0.1) is 0 Å². The summed E-state index contributed by atoms with van der Waals surface area (Å²) in [6.07, 6.45) is 1.32. The maximum absolute atomic E-state index is 12.4. The molecule has 0 spiro atoms. The van der Waals surface area contributed by atoms with Gasteiger partial charge in [-0.15, -0.1) is 0 Å². The van der Waals surface area contributed by atoms with E-state index in [1.165, 1.54) is 0 Å². The number of carbonyl (C=O) groups is 2. The van der Waals surface area contributed by atoms with E-state index in [0.717, 1.165) is 6.42 Å². The summed E-state index contributed by atoms with van der Waals surface area (Å²) in [6, 6.07) is 6.94. The summed E-state index contributed by atoms with van der Waals surface area (Å²) in [5.41, 5.74) is -0.0225. The van der Waals surface area contributed by atoms with Gasteiger partial charge in [-0.1, -0.05) is 32.4 Å². The molecule has 0 N–H and O–H groups in total. The Labute approximate surface area is 154 Å². The molecule has 0 saturated carbocycles. The van der Waals surface area contributed by atoms with Crippen molar-refractivity contribution in [2.24, 2.45) is 5.41 Å². The summed E-state index contributed by atoms with van der Waals surface area (Å²) in [4.78, 5) is 28.4. The summed E-state index contributed by atoms with van der Waals surface area (Å²) >= 11 is 5.83. The lowest BCUT2D eigenvalue weighted by Crippen LogP contribution is -2.39. The van der Waals surface area contributed by atoms with E-state index in [0.29, 0.717) is 43.4 Å². The predicted molar refractivity (Wildman–Crippen MR) is 98.8 cm³/mol. The van der Waals surface area contributed by atoms with E-state index >= 15 is 0 Å². The molecule has 2 rings (SSSR count). The molecule has 0 radical (unpaired) electrons. The van der Waals surface area contributed by atoms with E-state index in [4.69, 9.17) is 16.3 Å². The first-order valence-electron chi connectivity index (χ1n) is 8.68. The predicted octanol–water partition coefficient (Wildman–Crippen LogP) is 3.22. The average molecular weight is 367 g/mol. The van der Waals surface area contributed by atoms with Crippen LogP contribution >= 0.6 is 11.6 Å². The average Bonchev–Trinajstić information content (AvgIpc) is 2.78. The van der Waals surface area contributed by atoms with Crippen LogP contribution in [0.15, 0.2) is 24.3 Å². The van der Waals surface area contributed by atoms with Crippen LogP contribution in [0.5, 0.6) is 5.75 Å². The fraction of sp³-hybridized carbons (Fsp3) is 0.579. The van der Waals surface area contributed by atoms with Crippen LogP contribution in [0.3, 0.4) is 0 Å². The highest BCUT2D eigenvalue weighted by molar-refractivity contribution is 6.30. The number of hydrogen-bond acceptors (Lipinski definition) is 3. The summed E-state index contributed by atoms with van der Waals surface area (Å²) < 4.78 is 5.53. The lowest BCUT2D eigenvalue weighted by Gasteiger charge is -2.25. The number of ether oxygens (including phenoxy) is 1. The number of benzene rings is 1. The van der Waals surface area contributed by atoms with Gasteiger partial charge in [-0.25, -0.2) is 0 Å². The number of halogens is 1. The first kappa shape index (κ1) is 19.6. The molecule has 25 heavy (non-hydrogen) atoms. The summed E-state index contributed by atoms with van der Waals surface area (Å²) in [7, 11) is 0. The van der Waals surface area contributed by atoms with Gasteiger partial charge < -0.3 is 14.5 Å². The molecule has 1 aromatic carbocycles. The molecular weight excluding hydrogens is 340 g/mol. The zero-order chi connectivity index (χ0) is 18.4. The second-order valence-electron chi connectivity index (χ2n) is 7.60. The second-order valence-corrected chi connectivity index (χ2v) is 8.03. The van der Waals surface area contributed by atoms with Gasteiger partial charge in [-0.05, 0) is 36.1 Å². The van der Waals surface area contributed by atoms with E-state index in [-0.39, 0.29) is 23.8 Å². The van der Waals surface area contributed by atoms with Gasteiger partial charge in [0.1, 0.15) is 5.75 Å². The molecule has 0 bridgehead atoms. The van der Waals surface area contributed by atoms with Gasteiger partial charge in [-0.3, -0.25) is 9.59 Å². The molecule has 1 fully saturated rings. The molecule has 1 aliphatic rings. The number of rotatable bonds is 4. The van der Waals surface area contributed by atoms with Gasteiger partial charge in [0.15, 0.2) is 6.61 Å². The van der Waals surface area contributed by atoms with E-state index in [2.05, 4.69) is 20.8 Å². The molecule has 5 nitrogen and oxygen atoms in total. The van der Waals surface area contributed by atoms with Crippen LogP contribution in [0, 0.1) is 5.41 Å². The molecule has 2 amide bonds. The highest BCUT2D eigenvalue weighted by Crippen LogP contribution is 2.20. The van der Waals surface area contributed by atoms with E-state index in [9.17, 15) is 9.59 Å². The molecule has 1 heterocycles. The van der Waals surface area contributed by atoms with E-state index in [1.807, 2.05) is 4.90 Å². The lowest BCUT2D eigenvalue weighted by molar-refractivity contribution is -0.135. The lowest BCUT2D eigenvalue weighted by atomic mass is 9.91. The molecule has 1 aliphatic heterocycles. The third-order valence-electron chi connectivity index (χ3n) is 4.06. The van der Waals surface area contributed by atoms with Crippen molar-refractivity contribution in [1.82, 2.24) is 9.80 Å². The van der Waals surface area contributed by atoms with Gasteiger partial charge in [-0.2, -0.15) is 0 Å². The third kappa shape index (κ3) is 6.58.